The molecule has 1 saturated carbocycles. The van der Waals surface area contributed by atoms with Gasteiger partial charge in [-0.1, -0.05) is 55.7 Å². The lowest BCUT2D eigenvalue weighted by Crippen LogP contribution is -2.50. The fraction of sp³-hybridized carbons (Fsp3) is 0.590. The van der Waals surface area contributed by atoms with Crippen LogP contribution in [-0.4, -0.2) is 97.4 Å². The number of nitrogens with one attached hydrogen (secondary N) is 1. The Morgan fingerprint density at radius 1 is 0.804 bits per heavy atom. The van der Waals surface area contributed by atoms with Gasteiger partial charge < -0.3 is 19.3 Å². The third kappa shape index (κ3) is 11.3. The fourth-order valence-electron chi connectivity index (χ4n) is 8.24. The van der Waals surface area contributed by atoms with Gasteiger partial charge in [-0.15, -0.1) is 37.2 Å². The molecule has 6 rings (SSSR count). The number of hydrogen-bond acceptors (Lipinski definition) is 7. The molecule has 2 fully saturated rings. The van der Waals surface area contributed by atoms with E-state index in [-0.39, 0.29) is 55.3 Å². The summed E-state index contributed by atoms with van der Waals surface area (Å²) in [5.74, 6) is 1.59. The molecule has 12 heteroatoms. The van der Waals surface area contributed by atoms with Crippen LogP contribution in [0.25, 0.3) is 10.8 Å². The number of rotatable bonds is 15. The number of fused-ring (bicyclic) bond motifs is 2. The number of halogens is 3. The van der Waals surface area contributed by atoms with Crippen LogP contribution in [0, 0.1) is 0 Å². The van der Waals surface area contributed by atoms with Gasteiger partial charge in [0.2, 0.25) is 10.0 Å². The van der Waals surface area contributed by atoms with E-state index < -0.39 is 10.0 Å². The van der Waals surface area contributed by atoms with E-state index in [1.165, 1.54) is 102 Å². The summed E-state index contributed by atoms with van der Waals surface area (Å²) in [6, 6.07) is 18.5. The molecule has 1 heterocycles. The first-order valence-electron chi connectivity index (χ1n) is 18.4. The zero-order valence-corrected chi connectivity index (χ0v) is 33.7. The molecule has 1 saturated heterocycles. The highest BCUT2D eigenvalue weighted by atomic mass is 35.5. The van der Waals surface area contributed by atoms with Gasteiger partial charge in [0.1, 0.15) is 12.4 Å². The van der Waals surface area contributed by atoms with Gasteiger partial charge >= 0.3 is 0 Å². The lowest BCUT2D eigenvalue weighted by atomic mass is 9.80. The third-order valence-corrected chi connectivity index (χ3v) is 12.3. The average Bonchev–Trinajstić information content (AvgIpc) is 3.11. The third-order valence-electron chi connectivity index (χ3n) is 10.8. The summed E-state index contributed by atoms with van der Waals surface area (Å²) in [5.41, 5.74) is 3.83. The van der Waals surface area contributed by atoms with E-state index in [2.05, 4.69) is 32.7 Å². The Labute approximate surface area is 325 Å². The Kier molecular flexibility index (Phi) is 18.1. The predicted octanol–water partition coefficient (Wildman–Crippen LogP) is 7.70. The number of anilines is 1. The maximum atomic E-state index is 13.2. The summed E-state index contributed by atoms with van der Waals surface area (Å²) in [6.45, 7) is 7.50. The molecule has 286 valence electrons. The van der Waals surface area contributed by atoms with E-state index in [9.17, 15) is 8.42 Å². The van der Waals surface area contributed by atoms with Crippen LogP contribution in [0.15, 0.2) is 59.5 Å². The highest BCUT2D eigenvalue weighted by Crippen LogP contribution is 2.39. The minimum absolute atomic E-state index is 0. The second-order valence-corrected chi connectivity index (χ2v) is 15.8. The molecule has 3 aromatic carbocycles. The SMILES string of the molecule is CN(C)c1cccc2c(S(=O)(=O)NCCOCCOc3cccc4c3CCCC4CCCN3CCN(C4CCCCC4)CC3)cccc12.Cl.Cl.Cl. The number of hydrogen-bond donors (Lipinski definition) is 1. The molecule has 0 radical (unpaired) electrons. The van der Waals surface area contributed by atoms with E-state index in [1.54, 1.807) is 12.1 Å². The van der Waals surface area contributed by atoms with Crippen LogP contribution >= 0.6 is 37.2 Å². The van der Waals surface area contributed by atoms with Crippen molar-refractivity contribution in [1.29, 1.82) is 0 Å². The number of sulfonamides is 1. The number of ether oxygens (including phenoxy) is 2. The summed E-state index contributed by atoms with van der Waals surface area (Å²) >= 11 is 0. The molecular weight excluding hydrogens is 727 g/mol. The molecule has 1 unspecified atom stereocenters. The fourth-order valence-corrected chi connectivity index (χ4v) is 9.47. The maximum Gasteiger partial charge on any atom is 0.241 e. The van der Waals surface area contributed by atoms with Crippen molar-refractivity contribution in [2.45, 2.75) is 81.1 Å². The van der Waals surface area contributed by atoms with Crippen molar-refractivity contribution in [3.05, 3.63) is 65.7 Å². The molecular formula is C39H59Cl3N4O4S. The summed E-state index contributed by atoms with van der Waals surface area (Å²) in [5, 5.41) is 1.62. The van der Waals surface area contributed by atoms with Crippen LogP contribution in [-0.2, 0) is 21.2 Å². The zero-order chi connectivity index (χ0) is 33.3. The van der Waals surface area contributed by atoms with E-state index >= 15 is 0 Å². The van der Waals surface area contributed by atoms with Gasteiger partial charge in [-0.2, -0.15) is 0 Å². The molecule has 0 aromatic heterocycles. The predicted molar refractivity (Wildman–Crippen MR) is 218 cm³/mol. The molecule has 3 aliphatic rings. The largest absolute Gasteiger partial charge is 0.491 e. The Bertz CT molecular complexity index is 1600. The molecule has 51 heavy (non-hydrogen) atoms. The molecule has 0 bridgehead atoms. The number of piperazine rings is 1. The lowest BCUT2D eigenvalue weighted by molar-refractivity contribution is 0.0778. The van der Waals surface area contributed by atoms with Crippen LogP contribution < -0.4 is 14.4 Å². The summed E-state index contributed by atoms with van der Waals surface area (Å²) < 4.78 is 41.0. The lowest BCUT2D eigenvalue weighted by Gasteiger charge is -2.41. The van der Waals surface area contributed by atoms with Crippen LogP contribution in [0.3, 0.4) is 0 Å². The number of benzene rings is 3. The molecule has 1 aliphatic heterocycles. The minimum atomic E-state index is -3.69. The van der Waals surface area contributed by atoms with E-state index in [0.29, 0.717) is 24.5 Å². The first-order chi connectivity index (χ1) is 23.4. The van der Waals surface area contributed by atoms with Crippen molar-refractivity contribution in [2.75, 3.05) is 78.1 Å². The molecule has 1 atom stereocenters. The van der Waals surface area contributed by atoms with Gasteiger partial charge in [-0.3, -0.25) is 4.90 Å². The molecule has 1 N–H and O–H groups in total. The Morgan fingerprint density at radius 2 is 1.53 bits per heavy atom. The summed E-state index contributed by atoms with van der Waals surface area (Å²) in [7, 11) is 0.232. The first kappa shape index (κ1) is 43.6. The van der Waals surface area contributed by atoms with Gasteiger partial charge in [-0.25, -0.2) is 13.1 Å². The van der Waals surface area contributed by atoms with Gasteiger partial charge in [-0.05, 0) is 86.7 Å². The smallest absolute Gasteiger partial charge is 0.241 e. The van der Waals surface area contributed by atoms with Gasteiger partial charge in [0.15, 0.2) is 0 Å². The topological polar surface area (TPSA) is 74.3 Å². The van der Waals surface area contributed by atoms with Crippen LogP contribution in [0.2, 0.25) is 0 Å². The Morgan fingerprint density at radius 3 is 2.29 bits per heavy atom. The molecule has 0 spiro atoms. The monoisotopic (exact) mass is 784 g/mol. The minimum Gasteiger partial charge on any atom is -0.491 e. The zero-order valence-electron chi connectivity index (χ0n) is 30.4. The molecule has 2 aliphatic carbocycles. The van der Waals surface area contributed by atoms with E-state index in [1.807, 2.05) is 43.3 Å². The normalized spacial score (nSPS) is 18.6. The van der Waals surface area contributed by atoms with Crippen molar-refractivity contribution in [2.24, 2.45) is 0 Å². The highest BCUT2D eigenvalue weighted by Gasteiger charge is 2.26. The van der Waals surface area contributed by atoms with Crippen LogP contribution in [0.1, 0.15) is 74.8 Å². The highest BCUT2D eigenvalue weighted by molar-refractivity contribution is 7.89. The first-order valence-corrected chi connectivity index (χ1v) is 19.9. The van der Waals surface area contributed by atoms with Gasteiger partial charge in [0.05, 0.1) is 18.1 Å². The van der Waals surface area contributed by atoms with Crippen molar-refractivity contribution < 1.29 is 17.9 Å². The van der Waals surface area contributed by atoms with Gasteiger partial charge in [0, 0.05) is 69.3 Å². The quantitative estimate of drug-likeness (QED) is 0.159. The van der Waals surface area contributed by atoms with Crippen molar-refractivity contribution >= 4 is 63.7 Å². The molecule has 3 aromatic rings. The van der Waals surface area contributed by atoms with Crippen molar-refractivity contribution in [3.63, 3.8) is 0 Å². The van der Waals surface area contributed by atoms with Gasteiger partial charge in [0.25, 0.3) is 0 Å². The Balaban J connectivity index is 0.00000234. The number of nitrogens with zero attached hydrogens (tertiary/aromatic N) is 3. The summed E-state index contributed by atoms with van der Waals surface area (Å²) in [6.07, 6.45) is 13.1. The molecule has 0 amide bonds. The van der Waals surface area contributed by atoms with Crippen molar-refractivity contribution in [1.82, 2.24) is 14.5 Å². The van der Waals surface area contributed by atoms with E-state index in [0.717, 1.165) is 29.3 Å². The maximum absolute atomic E-state index is 13.2. The second-order valence-electron chi connectivity index (χ2n) is 14.1. The average molecular weight is 786 g/mol. The van der Waals surface area contributed by atoms with Crippen molar-refractivity contribution in [3.8, 4) is 5.75 Å². The Hall–Kier alpha value is -1.82. The second kappa shape index (κ2) is 21.2. The summed E-state index contributed by atoms with van der Waals surface area (Å²) in [4.78, 5) is 7.74. The van der Waals surface area contributed by atoms with Crippen LogP contribution in [0.5, 0.6) is 5.75 Å². The van der Waals surface area contributed by atoms with Crippen LogP contribution in [0.4, 0.5) is 5.69 Å². The standard InChI is InChI=1S/C39H56N4O4S.3ClH/c1-41(2)37-19-7-18-36-34(37)16-9-21-39(36)48(44,45)40-22-28-46-29-30-47-38-20-8-15-33-31(11-6-17-35(33)38)12-10-23-42-24-26-43(27-25-42)32-13-4-3-5-14-32;;;/h7-9,15-16,18-21,31-32,40H,3-6,10-14,17,22-30H2,1-2H3;3*1H. The van der Waals surface area contributed by atoms with E-state index in [4.69, 9.17) is 9.47 Å². The molecule has 8 nitrogen and oxygen atoms in total.